The van der Waals surface area contributed by atoms with Gasteiger partial charge in [-0.15, -0.1) is 0 Å². The average Bonchev–Trinajstić information content (AvgIpc) is 2.02. The van der Waals surface area contributed by atoms with Gasteiger partial charge in [-0.1, -0.05) is 0 Å². The zero-order valence-electron chi connectivity index (χ0n) is 6.54. The molecule has 0 aromatic carbocycles. The van der Waals surface area contributed by atoms with Crippen molar-refractivity contribution in [3.8, 4) is 5.75 Å². The Bertz CT molecular complexity index is 383. The van der Waals surface area contributed by atoms with Gasteiger partial charge in [0.1, 0.15) is 5.75 Å². The van der Waals surface area contributed by atoms with Gasteiger partial charge in [-0.3, -0.25) is 0 Å². The molecule has 0 saturated heterocycles. The fourth-order valence-electron chi connectivity index (χ4n) is 0.849. The fourth-order valence-corrected chi connectivity index (χ4v) is 1.50. The molecule has 2 N–H and O–H groups in total. The summed E-state index contributed by atoms with van der Waals surface area (Å²) in [4.78, 5) is 13.8. The van der Waals surface area contributed by atoms with E-state index in [0.29, 0.717) is 6.20 Å². The van der Waals surface area contributed by atoms with Gasteiger partial charge in [0.25, 0.3) is 6.43 Å². The van der Waals surface area contributed by atoms with Crippen LogP contribution in [0.4, 0.5) is 8.78 Å². The van der Waals surface area contributed by atoms with Gasteiger partial charge < -0.3 is 10.2 Å². The Morgan fingerprint density at radius 1 is 1.57 bits per heavy atom. The van der Waals surface area contributed by atoms with E-state index < -0.39 is 33.9 Å². The number of hydrogen-bond donors (Lipinski definition) is 2. The number of nitrogens with zero attached hydrogens (tertiary/aromatic N) is 1. The molecule has 14 heavy (non-hydrogen) atoms. The van der Waals surface area contributed by atoms with Crippen molar-refractivity contribution >= 4 is 21.9 Å². The highest BCUT2D eigenvalue weighted by Gasteiger charge is 2.23. The first-order valence-corrected chi connectivity index (χ1v) is 4.13. The van der Waals surface area contributed by atoms with Gasteiger partial charge >= 0.3 is 5.97 Å². The number of pyridine rings is 1. The summed E-state index contributed by atoms with van der Waals surface area (Å²) in [6.45, 7) is 0. The molecule has 0 amide bonds. The predicted octanol–water partition coefficient (Wildman–Crippen LogP) is 2.19. The molecule has 1 rings (SSSR count). The van der Waals surface area contributed by atoms with Crippen molar-refractivity contribution in [1.29, 1.82) is 0 Å². The zero-order chi connectivity index (χ0) is 10.9. The number of aromatic carboxylic acids is 1. The number of alkyl halides is 2. The first-order chi connectivity index (χ1) is 6.45. The lowest BCUT2D eigenvalue weighted by Gasteiger charge is -2.07. The lowest BCUT2D eigenvalue weighted by Crippen LogP contribution is -2.04. The molecular formula is C7H4BrF2NO3. The Morgan fingerprint density at radius 2 is 2.14 bits per heavy atom. The molecule has 1 aromatic rings. The molecule has 0 radical (unpaired) electrons. The van der Waals surface area contributed by atoms with Crippen LogP contribution in [0.2, 0.25) is 0 Å². The third-order valence-electron chi connectivity index (χ3n) is 1.46. The molecule has 76 valence electrons. The smallest absolute Gasteiger partial charge is 0.355 e. The number of rotatable bonds is 2. The van der Waals surface area contributed by atoms with Gasteiger partial charge in [0.2, 0.25) is 0 Å². The second-order valence-corrected chi connectivity index (χ2v) is 3.12. The van der Waals surface area contributed by atoms with Gasteiger partial charge in [0.15, 0.2) is 5.69 Å². The molecule has 1 heterocycles. The van der Waals surface area contributed by atoms with E-state index in [1.807, 2.05) is 0 Å². The summed E-state index contributed by atoms with van der Waals surface area (Å²) in [6, 6.07) is 0. The van der Waals surface area contributed by atoms with Gasteiger partial charge in [-0.05, 0) is 15.9 Å². The monoisotopic (exact) mass is 267 g/mol. The maximum atomic E-state index is 12.3. The Kier molecular flexibility index (Phi) is 3.00. The number of carboxylic acids is 1. The number of hydrogen-bond acceptors (Lipinski definition) is 3. The summed E-state index contributed by atoms with van der Waals surface area (Å²) < 4.78 is 24.2. The summed E-state index contributed by atoms with van der Waals surface area (Å²) in [5, 5.41) is 17.5. The summed E-state index contributed by atoms with van der Waals surface area (Å²) in [7, 11) is 0. The molecule has 4 nitrogen and oxygen atoms in total. The molecule has 0 atom stereocenters. The first-order valence-electron chi connectivity index (χ1n) is 3.34. The molecule has 0 fully saturated rings. The molecule has 0 aliphatic rings. The van der Waals surface area contributed by atoms with Crippen molar-refractivity contribution in [2.24, 2.45) is 0 Å². The van der Waals surface area contributed by atoms with Crippen LogP contribution in [0.1, 0.15) is 22.5 Å². The largest absolute Gasteiger partial charge is 0.506 e. The van der Waals surface area contributed by atoms with E-state index in [9.17, 15) is 13.6 Å². The van der Waals surface area contributed by atoms with Gasteiger partial charge in [-0.2, -0.15) is 0 Å². The van der Waals surface area contributed by atoms with E-state index in [-0.39, 0.29) is 0 Å². The Morgan fingerprint density at radius 3 is 2.57 bits per heavy atom. The highest BCUT2D eigenvalue weighted by Crippen LogP contribution is 2.35. The summed E-state index contributed by atoms with van der Waals surface area (Å²) in [5.41, 5.74) is -1.32. The Labute approximate surface area is 85.3 Å². The van der Waals surface area contributed by atoms with Crippen LogP contribution in [-0.4, -0.2) is 21.2 Å². The van der Waals surface area contributed by atoms with Crippen molar-refractivity contribution in [3.63, 3.8) is 0 Å². The highest BCUT2D eigenvalue weighted by atomic mass is 79.9. The standard InChI is InChI=1S/C7H4BrF2NO3/c8-4-3(6(9)10)2(12)1-11-5(4)7(13)14/h1,6,12H,(H,13,14). The molecular weight excluding hydrogens is 264 g/mol. The molecule has 0 bridgehead atoms. The second kappa shape index (κ2) is 3.87. The zero-order valence-corrected chi connectivity index (χ0v) is 8.12. The minimum absolute atomic E-state index is 0.403. The maximum Gasteiger partial charge on any atom is 0.355 e. The molecule has 0 aliphatic heterocycles. The minimum Gasteiger partial charge on any atom is -0.506 e. The number of carboxylic acid groups (broad SMARTS) is 1. The minimum atomic E-state index is -2.97. The summed E-state index contributed by atoms with van der Waals surface area (Å²) >= 11 is 2.65. The van der Waals surface area contributed by atoms with E-state index >= 15 is 0 Å². The Balaban J connectivity index is 3.41. The van der Waals surface area contributed by atoms with E-state index in [2.05, 4.69) is 20.9 Å². The van der Waals surface area contributed by atoms with Crippen molar-refractivity contribution in [3.05, 3.63) is 21.9 Å². The maximum absolute atomic E-state index is 12.3. The second-order valence-electron chi connectivity index (χ2n) is 2.33. The molecule has 0 aliphatic carbocycles. The van der Waals surface area contributed by atoms with E-state index in [0.717, 1.165) is 0 Å². The third kappa shape index (κ3) is 1.82. The van der Waals surface area contributed by atoms with Crippen LogP contribution in [0.3, 0.4) is 0 Å². The SMILES string of the molecule is O=C(O)c1ncc(O)c(C(F)F)c1Br. The fraction of sp³-hybridized carbons (Fsp3) is 0.143. The average molecular weight is 268 g/mol. The van der Waals surface area contributed by atoms with Gasteiger partial charge in [-0.25, -0.2) is 18.6 Å². The molecule has 7 heteroatoms. The van der Waals surface area contributed by atoms with Crippen LogP contribution in [0.15, 0.2) is 10.7 Å². The van der Waals surface area contributed by atoms with Crippen molar-refractivity contribution < 1.29 is 23.8 Å². The van der Waals surface area contributed by atoms with Crippen molar-refractivity contribution in [2.75, 3.05) is 0 Å². The van der Waals surface area contributed by atoms with Crippen LogP contribution in [0.5, 0.6) is 5.75 Å². The topological polar surface area (TPSA) is 70.4 Å². The molecule has 0 saturated carbocycles. The molecule has 1 aromatic heterocycles. The quantitative estimate of drug-likeness (QED) is 0.862. The number of aromatic hydroxyl groups is 1. The number of carbonyl (C=O) groups is 1. The van der Waals surface area contributed by atoms with Crippen LogP contribution >= 0.6 is 15.9 Å². The van der Waals surface area contributed by atoms with E-state index in [1.54, 1.807) is 0 Å². The van der Waals surface area contributed by atoms with Gasteiger partial charge in [0.05, 0.1) is 16.2 Å². The van der Waals surface area contributed by atoms with Crippen molar-refractivity contribution in [2.45, 2.75) is 6.43 Å². The van der Waals surface area contributed by atoms with Crippen LogP contribution in [0, 0.1) is 0 Å². The number of halogens is 3. The van der Waals surface area contributed by atoms with Gasteiger partial charge in [0, 0.05) is 0 Å². The predicted molar refractivity (Wildman–Crippen MR) is 45.5 cm³/mol. The molecule has 0 unspecified atom stereocenters. The first kappa shape index (κ1) is 10.8. The Hall–Kier alpha value is -1.24. The highest BCUT2D eigenvalue weighted by molar-refractivity contribution is 9.10. The summed E-state index contributed by atoms with van der Waals surface area (Å²) in [5.74, 6) is -2.18. The molecule has 0 spiro atoms. The van der Waals surface area contributed by atoms with Crippen LogP contribution in [-0.2, 0) is 0 Å². The third-order valence-corrected chi connectivity index (χ3v) is 2.26. The lowest BCUT2D eigenvalue weighted by molar-refractivity contribution is 0.0688. The van der Waals surface area contributed by atoms with E-state index in [1.165, 1.54) is 0 Å². The van der Waals surface area contributed by atoms with Crippen LogP contribution < -0.4 is 0 Å². The lowest BCUT2D eigenvalue weighted by atomic mass is 10.2. The normalized spacial score (nSPS) is 10.6. The van der Waals surface area contributed by atoms with Crippen molar-refractivity contribution in [1.82, 2.24) is 4.98 Å². The van der Waals surface area contributed by atoms with Crippen LogP contribution in [0.25, 0.3) is 0 Å². The summed E-state index contributed by atoms with van der Waals surface area (Å²) in [6.07, 6.45) is -2.29. The van der Waals surface area contributed by atoms with E-state index in [4.69, 9.17) is 10.2 Å². The number of aromatic nitrogens is 1.